The molecule has 0 aromatic rings. The van der Waals surface area contributed by atoms with Crippen molar-refractivity contribution in [1.29, 1.82) is 0 Å². The fourth-order valence-corrected chi connectivity index (χ4v) is 3.12. The predicted molar refractivity (Wildman–Crippen MR) is 73.5 cm³/mol. The molecule has 6 nitrogen and oxygen atoms in total. The van der Waals surface area contributed by atoms with Crippen LogP contribution in [0, 0.1) is 11.8 Å². The quantitative estimate of drug-likeness (QED) is 0.819. The summed E-state index contributed by atoms with van der Waals surface area (Å²) in [4.78, 5) is 25.0. The molecule has 20 heavy (non-hydrogen) atoms. The highest BCUT2D eigenvalue weighted by atomic mass is 16.5. The molecule has 3 unspecified atom stereocenters. The lowest BCUT2D eigenvalue weighted by atomic mass is 9.96. The van der Waals surface area contributed by atoms with E-state index in [1.165, 1.54) is 0 Å². The molecule has 3 atom stereocenters. The second-order valence-corrected chi connectivity index (χ2v) is 5.80. The average Bonchev–Trinajstić information content (AvgIpc) is 2.77. The largest absolute Gasteiger partial charge is 0.481 e. The summed E-state index contributed by atoms with van der Waals surface area (Å²) in [6.45, 7) is 4.40. The minimum atomic E-state index is -0.737. The zero-order valence-electron chi connectivity index (χ0n) is 12.0. The van der Waals surface area contributed by atoms with Crippen molar-refractivity contribution in [3.8, 4) is 0 Å². The number of aliphatic carboxylic acids is 1. The third-order valence-corrected chi connectivity index (χ3v) is 4.23. The molecule has 0 bridgehead atoms. The first-order valence-corrected chi connectivity index (χ1v) is 7.45. The molecule has 1 heterocycles. The first-order valence-electron chi connectivity index (χ1n) is 7.45. The summed E-state index contributed by atoms with van der Waals surface area (Å²) >= 11 is 0. The van der Waals surface area contributed by atoms with Crippen LogP contribution in [0.2, 0.25) is 0 Å². The van der Waals surface area contributed by atoms with E-state index in [-0.39, 0.29) is 24.0 Å². The maximum atomic E-state index is 12.1. The van der Waals surface area contributed by atoms with E-state index in [0.717, 1.165) is 25.7 Å². The molecule has 0 aromatic heterocycles. The van der Waals surface area contributed by atoms with Crippen LogP contribution in [0.15, 0.2) is 0 Å². The summed E-state index contributed by atoms with van der Waals surface area (Å²) in [5, 5.41) is 12.0. The van der Waals surface area contributed by atoms with Crippen LogP contribution in [-0.4, -0.2) is 54.4 Å². The zero-order valence-corrected chi connectivity index (χ0v) is 12.0. The number of carbonyl (C=O) groups excluding carboxylic acids is 1. The number of carboxylic acids is 1. The maximum Gasteiger partial charge on any atom is 0.317 e. The molecule has 0 aromatic carbocycles. The number of amides is 2. The van der Waals surface area contributed by atoms with Gasteiger partial charge < -0.3 is 20.1 Å². The van der Waals surface area contributed by atoms with E-state index in [4.69, 9.17) is 9.84 Å². The first kappa shape index (κ1) is 15.1. The summed E-state index contributed by atoms with van der Waals surface area (Å²) in [6.07, 6.45) is 3.45. The molecule has 114 valence electrons. The first-order chi connectivity index (χ1) is 9.58. The monoisotopic (exact) mass is 284 g/mol. The van der Waals surface area contributed by atoms with Crippen molar-refractivity contribution in [3.63, 3.8) is 0 Å². The molecule has 2 aliphatic rings. The molecule has 1 saturated heterocycles. The second-order valence-electron chi connectivity index (χ2n) is 5.80. The van der Waals surface area contributed by atoms with Crippen LogP contribution >= 0.6 is 0 Å². The third-order valence-electron chi connectivity index (χ3n) is 4.23. The highest BCUT2D eigenvalue weighted by molar-refractivity contribution is 5.74. The molecule has 6 heteroatoms. The third kappa shape index (κ3) is 3.85. The number of carbonyl (C=O) groups is 2. The Labute approximate surface area is 119 Å². The summed E-state index contributed by atoms with van der Waals surface area (Å²) in [7, 11) is 0. The number of hydrogen-bond acceptors (Lipinski definition) is 3. The van der Waals surface area contributed by atoms with Gasteiger partial charge in [0.15, 0.2) is 0 Å². The SMILES string of the molecule is CC1CN(C(=O)NCC2CCCC2C(=O)O)CCCO1. The van der Waals surface area contributed by atoms with E-state index in [1.54, 1.807) is 4.90 Å². The van der Waals surface area contributed by atoms with Crippen molar-refractivity contribution >= 4 is 12.0 Å². The van der Waals surface area contributed by atoms with E-state index < -0.39 is 5.97 Å². The zero-order chi connectivity index (χ0) is 14.5. The van der Waals surface area contributed by atoms with Gasteiger partial charge in [-0.3, -0.25) is 4.79 Å². The van der Waals surface area contributed by atoms with Gasteiger partial charge in [0.1, 0.15) is 0 Å². The van der Waals surface area contributed by atoms with Crippen LogP contribution in [0.4, 0.5) is 4.79 Å². The van der Waals surface area contributed by atoms with Crippen LogP contribution in [-0.2, 0) is 9.53 Å². The Hall–Kier alpha value is -1.30. The Morgan fingerprint density at radius 2 is 2.15 bits per heavy atom. The van der Waals surface area contributed by atoms with Gasteiger partial charge in [0.25, 0.3) is 0 Å². The van der Waals surface area contributed by atoms with Gasteiger partial charge in [0.05, 0.1) is 12.0 Å². The number of urea groups is 1. The highest BCUT2D eigenvalue weighted by Gasteiger charge is 2.33. The van der Waals surface area contributed by atoms with Crippen LogP contribution in [0.5, 0.6) is 0 Å². The van der Waals surface area contributed by atoms with Crippen LogP contribution < -0.4 is 5.32 Å². The van der Waals surface area contributed by atoms with Gasteiger partial charge in [-0.05, 0) is 32.1 Å². The molecular weight excluding hydrogens is 260 g/mol. The maximum absolute atomic E-state index is 12.1. The van der Waals surface area contributed by atoms with E-state index in [2.05, 4.69) is 5.32 Å². The van der Waals surface area contributed by atoms with Crippen LogP contribution in [0.25, 0.3) is 0 Å². The highest BCUT2D eigenvalue weighted by Crippen LogP contribution is 2.31. The Bertz CT molecular complexity index is 361. The van der Waals surface area contributed by atoms with Crippen molar-refractivity contribution in [1.82, 2.24) is 10.2 Å². The fraction of sp³-hybridized carbons (Fsp3) is 0.857. The number of carboxylic acid groups (broad SMARTS) is 1. The normalized spacial score (nSPS) is 30.9. The fourth-order valence-electron chi connectivity index (χ4n) is 3.12. The molecule has 1 aliphatic heterocycles. The number of ether oxygens (including phenoxy) is 1. The Balaban J connectivity index is 1.80. The van der Waals surface area contributed by atoms with Gasteiger partial charge >= 0.3 is 12.0 Å². The lowest BCUT2D eigenvalue weighted by molar-refractivity contribution is -0.142. The van der Waals surface area contributed by atoms with Crippen molar-refractivity contribution in [2.75, 3.05) is 26.2 Å². The number of nitrogens with one attached hydrogen (secondary N) is 1. The second kappa shape index (κ2) is 6.92. The molecular formula is C14H24N2O4. The van der Waals surface area contributed by atoms with E-state index in [9.17, 15) is 9.59 Å². The van der Waals surface area contributed by atoms with Crippen molar-refractivity contribution in [2.45, 2.75) is 38.7 Å². The molecule has 2 amide bonds. The average molecular weight is 284 g/mol. The number of nitrogens with zero attached hydrogens (tertiary/aromatic N) is 1. The van der Waals surface area contributed by atoms with Gasteiger partial charge in [0, 0.05) is 26.2 Å². The minimum Gasteiger partial charge on any atom is -0.481 e. The lowest BCUT2D eigenvalue weighted by Crippen LogP contribution is -2.45. The Morgan fingerprint density at radius 3 is 2.90 bits per heavy atom. The smallest absolute Gasteiger partial charge is 0.317 e. The molecule has 2 rings (SSSR count). The molecule has 0 radical (unpaired) electrons. The van der Waals surface area contributed by atoms with Gasteiger partial charge in [0.2, 0.25) is 0 Å². The van der Waals surface area contributed by atoms with Crippen LogP contribution in [0.1, 0.15) is 32.6 Å². The molecule has 2 fully saturated rings. The van der Waals surface area contributed by atoms with E-state index in [1.807, 2.05) is 6.92 Å². The van der Waals surface area contributed by atoms with Gasteiger partial charge in [-0.2, -0.15) is 0 Å². The van der Waals surface area contributed by atoms with Crippen molar-refractivity contribution in [3.05, 3.63) is 0 Å². The topological polar surface area (TPSA) is 78.9 Å². The summed E-state index contributed by atoms with van der Waals surface area (Å²) in [5.74, 6) is -0.975. The molecule has 0 spiro atoms. The summed E-state index contributed by atoms with van der Waals surface area (Å²) in [6, 6.07) is -0.0987. The van der Waals surface area contributed by atoms with Crippen molar-refractivity contribution in [2.24, 2.45) is 11.8 Å². The summed E-state index contributed by atoms with van der Waals surface area (Å²) in [5.41, 5.74) is 0. The predicted octanol–water partition coefficient (Wildman–Crippen LogP) is 1.31. The standard InChI is InChI=1S/C14H24N2O4/c1-10-9-16(6-3-7-20-10)14(19)15-8-11-4-2-5-12(11)13(17)18/h10-12H,2-9H2,1H3,(H,15,19)(H,17,18). The number of rotatable bonds is 3. The van der Waals surface area contributed by atoms with Crippen molar-refractivity contribution < 1.29 is 19.4 Å². The van der Waals surface area contributed by atoms with Gasteiger partial charge in [-0.25, -0.2) is 4.79 Å². The van der Waals surface area contributed by atoms with Gasteiger partial charge in [-0.15, -0.1) is 0 Å². The molecule has 2 N–H and O–H groups in total. The van der Waals surface area contributed by atoms with Crippen LogP contribution in [0.3, 0.4) is 0 Å². The summed E-state index contributed by atoms with van der Waals surface area (Å²) < 4.78 is 5.51. The van der Waals surface area contributed by atoms with Gasteiger partial charge in [-0.1, -0.05) is 6.42 Å². The Kier molecular flexibility index (Phi) is 5.23. The Morgan fingerprint density at radius 1 is 1.35 bits per heavy atom. The molecule has 1 saturated carbocycles. The minimum absolute atomic E-state index is 0.0569. The molecule has 1 aliphatic carbocycles. The number of hydrogen-bond donors (Lipinski definition) is 2. The van der Waals surface area contributed by atoms with E-state index in [0.29, 0.717) is 26.2 Å². The van der Waals surface area contributed by atoms with E-state index >= 15 is 0 Å². The lowest BCUT2D eigenvalue weighted by Gasteiger charge is -2.24.